The maximum absolute atomic E-state index is 6.09. The summed E-state index contributed by atoms with van der Waals surface area (Å²) in [4.78, 5) is 2.49. The molecule has 0 atom stereocenters. The highest BCUT2D eigenvalue weighted by Crippen LogP contribution is 2.34. The molecule has 0 unspecified atom stereocenters. The molecule has 0 aliphatic carbocycles. The molecule has 2 rings (SSSR count). The lowest BCUT2D eigenvalue weighted by molar-refractivity contribution is 0.803. The first-order valence-electron chi connectivity index (χ1n) is 5.87. The van der Waals surface area contributed by atoms with Gasteiger partial charge in [0, 0.05) is 21.4 Å². The summed E-state index contributed by atoms with van der Waals surface area (Å²) < 4.78 is 0. The highest BCUT2D eigenvalue weighted by molar-refractivity contribution is 7.99. The summed E-state index contributed by atoms with van der Waals surface area (Å²) in [5.41, 5.74) is 2.56. The van der Waals surface area contributed by atoms with E-state index in [1.165, 1.54) is 20.9 Å². The van der Waals surface area contributed by atoms with Gasteiger partial charge in [-0.25, -0.2) is 0 Å². The third-order valence-corrected chi connectivity index (χ3v) is 4.22. The standard InChI is InChI=1S/C15H16ClNS/c1-11-5-3-4-6-14(11)18-15-9-13(16)8-7-12(15)10-17-2/h3-9,17H,10H2,1-2H3. The summed E-state index contributed by atoms with van der Waals surface area (Å²) >= 11 is 7.86. The quantitative estimate of drug-likeness (QED) is 0.882. The van der Waals surface area contributed by atoms with Crippen molar-refractivity contribution in [1.29, 1.82) is 0 Å². The van der Waals surface area contributed by atoms with Gasteiger partial charge in [0.05, 0.1) is 0 Å². The predicted molar refractivity (Wildman–Crippen MR) is 79.5 cm³/mol. The Labute approximate surface area is 118 Å². The Kier molecular flexibility index (Phi) is 4.70. The Hall–Kier alpha value is -0.960. The largest absolute Gasteiger partial charge is 0.316 e. The van der Waals surface area contributed by atoms with Crippen LogP contribution in [0.5, 0.6) is 0 Å². The van der Waals surface area contributed by atoms with Crippen molar-refractivity contribution in [3.8, 4) is 0 Å². The molecule has 0 aliphatic heterocycles. The van der Waals surface area contributed by atoms with Gasteiger partial charge in [0.15, 0.2) is 0 Å². The van der Waals surface area contributed by atoms with Crippen LogP contribution in [-0.4, -0.2) is 7.05 Å². The van der Waals surface area contributed by atoms with Gasteiger partial charge in [-0.3, -0.25) is 0 Å². The molecule has 0 amide bonds. The lowest BCUT2D eigenvalue weighted by Gasteiger charge is -2.11. The van der Waals surface area contributed by atoms with Gasteiger partial charge < -0.3 is 5.32 Å². The highest BCUT2D eigenvalue weighted by Gasteiger charge is 2.06. The van der Waals surface area contributed by atoms with Crippen LogP contribution in [0.25, 0.3) is 0 Å². The van der Waals surface area contributed by atoms with E-state index in [4.69, 9.17) is 11.6 Å². The van der Waals surface area contributed by atoms with Crippen molar-refractivity contribution in [1.82, 2.24) is 5.32 Å². The zero-order chi connectivity index (χ0) is 13.0. The Morgan fingerprint density at radius 1 is 1.11 bits per heavy atom. The SMILES string of the molecule is CNCc1ccc(Cl)cc1Sc1ccccc1C. The van der Waals surface area contributed by atoms with Crippen molar-refractivity contribution in [2.75, 3.05) is 7.05 Å². The zero-order valence-corrected chi connectivity index (χ0v) is 12.1. The lowest BCUT2D eigenvalue weighted by atomic mass is 10.2. The molecule has 0 spiro atoms. The van der Waals surface area contributed by atoms with Gasteiger partial charge in [0.2, 0.25) is 0 Å². The first kappa shape index (κ1) is 13.5. The van der Waals surface area contributed by atoms with E-state index in [-0.39, 0.29) is 0 Å². The van der Waals surface area contributed by atoms with Gasteiger partial charge in [-0.2, -0.15) is 0 Å². The van der Waals surface area contributed by atoms with Crippen LogP contribution in [0.2, 0.25) is 5.02 Å². The van der Waals surface area contributed by atoms with Crippen LogP contribution in [0.3, 0.4) is 0 Å². The van der Waals surface area contributed by atoms with E-state index in [1.54, 1.807) is 11.8 Å². The second kappa shape index (κ2) is 6.28. The average molecular weight is 278 g/mol. The van der Waals surface area contributed by atoms with Gasteiger partial charge in [0.25, 0.3) is 0 Å². The van der Waals surface area contributed by atoms with Crippen LogP contribution in [-0.2, 0) is 6.54 Å². The summed E-state index contributed by atoms with van der Waals surface area (Å²) in [7, 11) is 1.96. The summed E-state index contributed by atoms with van der Waals surface area (Å²) in [5.74, 6) is 0. The molecule has 0 heterocycles. The second-order valence-electron chi connectivity index (χ2n) is 4.15. The number of hydrogen-bond donors (Lipinski definition) is 1. The second-order valence-corrected chi connectivity index (χ2v) is 5.67. The van der Waals surface area contributed by atoms with E-state index in [1.807, 2.05) is 19.2 Å². The van der Waals surface area contributed by atoms with Crippen LogP contribution >= 0.6 is 23.4 Å². The number of aryl methyl sites for hydroxylation is 1. The van der Waals surface area contributed by atoms with Crippen LogP contribution < -0.4 is 5.32 Å². The molecular formula is C15H16ClNS. The number of halogens is 1. The minimum atomic E-state index is 0.783. The minimum Gasteiger partial charge on any atom is -0.316 e. The van der Waals surface area contributed by atoms with Gasteiger partial charge in [0.1, 0.15) is 0 Å². The summed E-state index contributed by atoms with van der Waals surface area (Å²) in [6.07, 6.45) is 0. The number of nitrogens with one attached hydrogen (secondary N) is 1. The molecule has 0 aromatic heterocycles. The van der Waals surface area contributed by atoms with Crippen LogP contribution in [0.1, 0.15) is 11.1 Å². The number of hydrogen-bond acceptors (Lipinski definition) is 2. The molecule has 0 bridgehead atoms. The Morgan fingerprint density at radius 3 is 2.61 bits per heavy atom. The van der Waals surface area contributed by atoms with Gasteiger partial charge in [-0.15, -0.1) is 0 Å². The molecule has 1 N–H and O–H groups in total. The monoisotopic (exact) mass is 277 g/mol. The van der Waals surface area contributed by atoms with Gasteiger partial charge >= 0.3 is 0 Å². The van der Waals surface area contributed by atoms with E-state index in [0.29, 0.717) is 0 Å². The summed E-state index contributed by atoms with van der Waals surface area (Å²) in [6.45, 7) is 2.98. The van der Waals surface area contributed by atoms with Crippen LogP contribution in [0.15, 0.2) is 52.3 Å². The molecule has 2 aromatic rings. The van der Waals surface area contributed by atoms with E-state index in [9.17, 15) is 0 Å². The van der Waals surface area contributed by atoms with Crippen molar-refractivity contribution in [3.05, 3.63) is 58.6 Å². The summed E-state index contributed by atoms with van der Waals surface area (Å²) in [5, 5.41) is 3.97. The summed E-state index contributed by atoms with van der Waals surface area (Å²) in [6, 6.07) is 14.5. The highest BCUT2D eigenvalue weighted by atomic mass is 35.5. The zero-order valence-electron chi connectivity index (χ0n) is 10.5. The first-order chi connectivity index (χ1) is 8.70. The Morgan fingerprint density at radius 2 is 1.89 bits per heavy atom. The molecule has 0 aliphatic rings. The Bertz CT molecular complexity index is 540. The topological polar surface area (TPSA) is 12.0 Å². The fourth-order valence-corrected chi connectivity index (χ4v) is 3.06. The number of benzene rings is 2. The molecular weight excluding hydrogens is 262 g/mol. The normalized spacial score (nSPS) is 10.6. The molecule has 0 radical (unpaired) electrons. The molecule has 0 fully saturated rings. The fourth-order valence-electron chi connectivity index (χ4n) is 1.75. The molecule has 2 aromatic carbocycles. The van der Waals surface area contributed by atoms with E-state index in [0.717, 1.165) is 11.6 Å². The third-order valence-electron chi connectivity index (χ3n) is 2.71. The third kappa shape index (κ3) is 3.29. The van der Waals surface area contributed by atoms with Gasteiger partial charge in [-0.05, 0) is 43.3 Å². The van der Waals surface area contributed by atoms with Crippen molar-refractivity contribution in [3.63, 3.8) is 0 Å². The predicted octanol–water partition coefficient (Wildman–Crippen LogP) is 4.52. The minimum absolute atomic E-state index is 0.783. The molecule has 1 nitrogen and oxygen atoms in total. The molecule has 94 valence electrons. The molecule has 3 heteroatoms. The van der Waals surface area contributed by atoms with E-state index < -0.39 is 0 Å². The van der Waals surface area contributed by atoms with E-state index in [2.05, 4.69) is 42.6 Å². The fraction of sp³-hybridized carbons (Fsp3) is 0.200. The van der Waals surface area contributed by atoms with Crippen LogP contribution in [0.4, 0.5) is 0 Å². The van der Waals surface area contributed by atoms with E-state index >= 15 is 0 Å². The molecule has 18 heavy (non-hydrogen) atoms. The maximum atomic E-state index is 6.09. The lowest BCUT2D eigenvalue weighted by Crippen LogP contribution is -2.06. The van der Waals surface area contributed by atoms with Gasteiger partial charge in [-0.1, -0.05) is 47.6 Å². The number of rotatable bonds is 4. The maximum Gasteiger partial charge on any atom is 0.0417 e. The average Bonchev–Trinajstić information content (AvgIpc) is 2.36. The van der Waals surface area contributed by atoms with Crippen molar-refractivity contribution < 1.29 is 0 Å². The molecule has 0 saturated heterocycles. The molecule has 0 saturated carbocycles. The first-order valence-corrected chi connectivity index (χ1v) is 7.06. The van der Waals surface area contributed by atoms with Crippen molar-refractivity contribution >= 4 is 23.4 Å². The van der Waals surface area contributed by atoms with Crippen molar-refractivity contribution in [2.24, 2.45) is 0 Å². The Balaban J connectivity index is 2.33. The smallest absolute Gasteiger partial charge is 0.0417 e. The van der Waals surface area contributed by atoms with Crippen molar-refractivity contribution in [2.45, 2.75) is 23.3 Å². The van der Waals surface area contributed by atoms with Crippen LogP contribution in [0, 0.1) is 6.92 Å².